The molecule has 0 aliphatic heterocycles. The van der Waals surface area contributed by atoms with Gasteiger partial charge in [-0.15, -0.1) is 0 Å². The van der Waals surface area contributed by atoms with Gasteiger partial charge >= 0.3 is 6.09 Å². The number of carbonyl (C=O) groups excluding carboxylic acids is 1. The topological polar surface area (TPSA) is 132 Å². The highest BCUT2D eigenvalue weighted by Crippen LogP contribution is 2.34. The van der Waals surface area contributed by atoms with Crippen LogP contribution in [-0.2, 0) is 27.4 Å². The van der Waals surface area contributed by atoms with Crippen molar-refractivity contribution in [3.63, 3.8) is 0 Å². The van der Waals surface area contributed by atoms with Gasteiger partial charge in [0.25, 0.3) is 5.69 Å². The molecule has 0 spiro atoms. The number of pyridine rings is 1. The number of rotatable bonds is 11. The number of nitro groups is 1. The monoisotopic (exact) mass is 492 g/mol. The zero-order chi connectivity index (χ0) is 25.5. The van der Waals surface area contributed by atoms with E-state index in [1.54, 1.807) is 0 Å². The van der Waals surface area contributed by atoms with E-state index in [0.717, 1.165) is 53.8 Å². The highest BCUT2D eigenvalue weighted by atomic mass is 32.2. The maximum Gasteiger partial charge on any atom is 0.411 e. The first-order valence-corrected chi connectivity index (χ1v) is 12.9. The largest absolute Gasteiger partial charge is 0.448 e. The number of aryl methyl sites for hydroxylation is 1. The fourth-order valence-corrected chi connectivity index (χ4v) is 4.80. The van der Waals surface area contributed by atoms with Crippen LogP contribution in [0.4, 0.5) is 21.9 Å². The Morgan fingerprint density at radius 1 is 1.18 bits per heavy atom. The van der Waals surface area contributed by atoms with Gasteiger partial charge < -0.3 is 9.64 Å². The molecule has 11 heteroatoms. The van der Waals surface area contributed by atoms with Crippen LogP contribution in [0.5, 0.6) is 0 Å². The van der Waals surface area contributed by atoms with Gasteiger partial charge in [0.05, 0.1) is 16.4 Å². The van der Waals surface area contributed by atoms with Crippen LogP contribution in [0.25, 0.3) is 0 Å². The molecule has 1 amide bonds. The Bertz CT molecular complexity index is 1130. The van der Waals surface area contributed by atoms with E-state index in [9.17, 15) is 23.3 Å². The zero-order valence-corrected chi connectivity index (χ0v) is 21.1. The number of ether oxygens (including phenoxy) is 1. The third-order valence-corrected chi connectivity index (χ3v) is 7.25. The molecule has 10 nitrogen and oxygen atoms in total. The second-order valence-corrected chi connectivity index (χ2v) is 9.66. The van der Waals surface area contributed by atoms with Gasteiger partial charge in [0, 0.05) is 24.8 Å². The van der Waals surface area contributed by atoms with E-state index in [0.29, 0.717) is 18.5 Å². The number of aromatic nitrogens is 1. The van der Waals surface area contributed by atoms with E-state index < -0.39 is 26.6 Å². The maximum absolute atomic E-state index is 12.5. The second-order valence-electron chi connectivity index (χ2n) is 7.60. The van der Waals surface area contributed by atoms with Crippen molar-refractivity contribution in [1.29, 1.82) is 0 Å². The second kappa shape index (κ2) is 11.8. The van der Waals surface area contributed by atoms with E-state index in [1.807, 2.05) is 20.8 Å². The van der Waals surface area contributed by atoms with Gasteiger partial charge in [-0.25, -0.2) is 18.2 Å². The summed E-state index contributed by atoms with van der Waals surface area (Å²) in [4.78, 5) is 28.5. The molecular weight excluding hydrogens is 460 g/mol. The lowest BCUT2D eigenvalue weighted by molar-refractivity contribution is -0.385. The van der Waals surface area contributed by atoms with E-state index in [1.165, 1.54) is 0 Å². The number of nitrogens with zero attached hydrogens (tertiary/aromatic N) is 3. The molecule has 0 unspecified atom stereocenters. The van der Waals surface area contributed by atoms with Crippen molar-refractivity contribution in [2.24, 2.45) is 0 Å². The lowest BCUT2D eigenvalue weighted by Crippen LogP contribution is -2.25. The number of hydrogen-bond donors (Lipinski definition) is 1. The summed E-state index contributed by atoms with van der Waals surface area (Å²) in [5.41, 5.74) is 4.60. The highest BCUT2D eigenvalue weighted by molar-refractivity contribution is 7.91. The zero-order valence-electron chi connectivity index (χ0n) is 20.3. The number of anilines is 2. The van der Waals surface area contributed by atoms with Crippen LogP contribution >= 0.6 is 0 Å². The quantitative estimate of drug-likeness (QED) is 0.363. The minimum atomic E-state index is -3.87. The molecule has 2 aromatic rings. The van der Waals surface area contributed by atoms with Gasteiger partial charge in [-0.2, -0.15) is 0 Å². The predicted molar refractivity (Wildman–Crippen MR) is 131 cm³/mol. The minimum Gasteiger partial charge on any atom is -0.448 e. The summed E-state index contributed by atoms with van der Waals surface area (Å²) in [5.74, 6) is -0.494. The van der Waals surface area contributed by atoms with Crippen LogP contribution < -0.4 is 10.2 Å². The highest BCUT2D eigenvalue weighted by Gasteiger charge is 2.21. The summed E-state index contributed by atoms with van der Waals surface area (Å²) < 4.78 is 30.0. The summed E-state index contributed by atoms with van der Waals surface area (Å²) >= 11 is 0. The van der Waals surface area contributed by atoms with Crippen molar-refractivity contribution in [3.8, 4) is 0 Å². The Balaban J connectivity index is 2.13. The van der Waals surface area contributed by atoms with Gasteiger partial charge in [-0.3, -0.25) is 15.4 Å². The molecule has 0 saturated heterocycles. The Kier molecular flexibility index (Phi) is 9.36. The Hall–Kier alpha value is -3.21. The number of hydrogen-bond acceptors (Lipinski definition) is 8. The average Bonchev–Trinajstić information content (AvgIpc) is 2.81. The first kappa shape index (κ1) is 27.0. The molecule has 1 aromatic heterocycles. The van der Waals surface area contributed by atoms with Crippen molar-refractivity contribution < 1.29 is 22.9 Å². The number of nitrogens with one attached hydrogen (secondary N) is 1. The summed E-state index contributed by atoms with van der Waals surface area (Å²) in [7, 11) is -3.87. The van der Waals surface area contributed by atoms with Crippen molar-refractivity contribution in [2.45, 2.75) is 52.5 Å². The smallest absolute Gasteiger partial charge is 0.411 e. The molecule has 0 saturated carbocycles. The van der Waals surface area contributed by atoms with Gasteiger partial charge in [0.1, 0.15) is 12.8 Å². The molecule has 1 heterocycles. The molecule has 1 N–H and O–H groups in total. The Morgan fingerprint density at radius 3 is 2.35 bits per heavy atom. The molecule has 1 aromatic carbocycles. The third kappa shape index (κ3) is 6.22. The predicted octanol–water partition coefficient (Wildman–Crippen LogP) is 4.29. The van der Waals surface area contributed by atoms with Gasteiger partial charge in [0.15, 0.2) is 14.9 Å². The normalized spacial score (nSPS) is 11.2. The van der Waals surface area contributed by atoms with Crippen molar-refractivity contribution >= 4 is 33.0 Å². The third-order valence-electron chi connectivity index (χ3n) is 5.67. The summed E-state index contributed by atoms with van der Waals surface area (Å²) in [6.45, 7) is 11.6. The molecule has 0 atom stereocenters. The minimum absolute atomic E-state index is 0.310. The van der Waals surface area contributed by atoms with Crippen LogP contribution in [-0.4, -0.2) is 49.9 Å². The maximum atomic E-state index is 12.5. The summed E-state index contributed by atoms with van der Waals surface area (Å²) in [5, 5.41) is 13.2. The standard InChI is InChI=1S/C23H32N4O6S/c1-6-17-14-20(26(8-3)9-4)16(5)19(7-2)22(17)25-23(28)33-12-13-34(31,32)21-11-10-18(15-24-21)27(29)30/h10-11,14-15H,6-9,12-13H2,1-5H3,(H,25,28). The number of sulfone groups is 1. The van der Waals surface area contributed by atoms with E-state index >= 15 is 0 Å². The molecule has 186 valence electrons. The molecule has 0 bridgehead atoms. The van der Waals surface area contributed by atoms with Crippen LogP contribution in [0, 0.1) is 17.0 Å². The van der Waals surface area contributed by atoms with Crippen LogP contribution in [0.2, 0.25) is 0 Å². The van der Waals surface area contributed by atoms with Gasteiger partial charge in [-0.05, 0) is 62.4 Å². The van der Waals surface area contributed by atoms with E-state index in [-0.39, 0.29) is 17.3 Å². The first-order valence-electron chi connectivity index (χ1n) is 11.3. The molecule has 34 heavy (non-hydrogen) atoms. The van der Waals surface area contributed by atoms with Crippen LogP contribution in [0.3, 0.4) is 0 Å². The molecule has 0 aliphatic rings. The molecule has 0 fully saturated rings. The molecule has 2 rings (SSSR count). The van der Waals surface area contributed by atoms with Gasteiger partial charge in [0.2, 0.25) is 0 Å². The Labute approximate surface area is 200 Å². The fourth-order valence-electron chi connectivity index (χ4n) is 3.80. The van der Waals surface area contributed by atoms with E-state index in [2.05, 4.69) is 35.1 Å². The first-order chi connectivity index (χ1) is 16.1. The van der Waals surface area contributed by atoms with Crippen molar-refractivity contribution in [2.75, 3.05) is 35.7 Å². The SMILES string of the molecule is CCc1cc(N(CC)CC)c(C)c(CC)c1NC(=O)OCCS(=O)(=O)c1ccc([N+](=O)[O-])cn1. The molecule has 0 radical (unpaired) electrons. The summed E-state index contributed by atoms with van der Waals surface area (Å²) in [6.07, 6.45) is 1.55. The Morgan fingerprint density at radius 2 is 1.85 bits per heavy atom. The van der Waals surface area contributed by atoms with Crippen molar-refractivity contribution in [3.05, 3.63) is 51.2 Å². The van der Waals surface area contributed by atoms with Gasteiger partial charge in [-0.1, -0.05) is 13.8 Å². The van der Waals surface area contributed by atoms with Crippen LogP contribution in [0.15, 0.2) is 29.4 Å². The lowest BCUT2D eigenvalue weighted by Gasteiger charge is -2.27. The number of benzene rings is 1. The van der Waals surface area contributed by atoms with E-state index in [4.69, 9.17) is 4.74 Å². The summed E-state index contributed by atoms with van der Waals surface area (Å²) in [6, 6.07) is 4.22. The lowest BCUT2D eigenvalue weighted by atomic mass is 9.95. The molecule has 0 aliphatic carbocycles. The number of amides is 1. The fraction of sp³-hybridized carbons (Fsp3) is 0.478. The average molecular weight is 493 g/mol. The van der Waals surface area contributed by atoms with Crippen molar-refractivity contribution in [1.82, 2.24) is 4.98 Å². The van der Waals surface area contributed by atoms with Crippen LogP contribution in [0.1, 0.15) is 44.4 Å². The molecular formula is C23H32N4O6S. The number of carbonyl (C=O) groups is 1.